The van der Waals surface area contributed by atoms with Crippen molar-refractivity contribution in [1.82, 2.24) is 4.90 Å². The molecule has 2 heterocycles. The Bertz CT molecular complexity index is 614. The van der Waals surface area contributed by atoms with Gasteiger partial charge in [0, 0.05) is 37.6 Å². The van der Waals surface area contributed by atoms with Gasteiger partial charge in [-0.3, -0.25) is 9.59 Å². The Kier molecular flexibility index (Phi) is 4.80. The van der Waals surface area contributed by atoms with Crippen LogP contribution in [0.15, 0.2) is 18.2 Å². The molecule has 1 aromatic carbocycles. The first-order valence-electron chi connectivity index (χ1n) is 7.91. The van der Waals surface area contributed by atoms with Gasteiger partial charge >= 0.3 is 0 Å². The molecule has 1 atom stereocenters. The van der Waals surface area contributed by atoms with Crippen LogP contribution in [0, 0.1) is 12.8 Å². The van der Waals surface area contributed by atoms with Crippen molar-refractivity contribution in [3.8, 4) is 5.75 Å². The molecule has 0 aliphatic carbocycles. The number of hydrogen-bond acceptors (Lipinski definition) is 4. The fourth-order valence-electron chi connectivity index (χ4n) is 3.16. The predicted octanol–water partition coefficient (Wildman–Crippen LogP) is 1.93. The van der Waals surface area contributed by atoms with Crippen LogP contribution in [0.25, 0.3) is 0 Å². The van der Waals surface area contributed by atoms with Crippen LogP contribution >= 0.6 is 11.8 Å². The van der Waals surface area contributed by atoms with Gasteiger partial charge in [0.15, 0.2) is 0 Å². The monoisotopic (exact) mass is 334 g/mol. The maximum Gasteiger partial charge on any atom is 0.228 e. The zero-order valence-corrected chi connectivity index (χ0v) is 14.4. The van der Waals surface area contributed by atoms with Crippen LogP contribution in [-0.2, 0) is 9.59 Å². The molecule has 3 rings (SSSR count). The molecule has 124 valence electrons. The third-order valence-electron chi connectivity index (χ3n) is 4.42. The smallest absolute Gasteiger partial charge is 0.228 e. The van der Waals surface area contributed by atoms with Crippen molar-refractivity contribution in [3.63, 3.8) is 0 Å². The number of ether oxygens (including phenoxy) is 1. The Hall–Kier alpha value is -1.69. The van der Waals surface area contributed by atoms with Gasteiger partial charge in [-0.05, 0) is 24.6 Å². The van der Waals surface area contributed by atoms with E-state index in [2.05, 4.69) is 0 Å². The molecule has 0 radical (unpaired) electrons. The average Bonchev–Trinajstić information content (AvgIpc) is 2.96. The summed E-state index contributed by atoms with van der Waals surface area (Å²) in [6, 6.07) is 5.77. The van der Waals surface area contributed by atoms with Gasteiger partial charge in [0.1, 0.15) is 5.75 Å². The van der Waals surface area contributed by atoms with Gasteiger partial charge in [0.25, 0.3) is 0 Å². The van der Waals surface area contributed by atoms with E-state index in [-0.39, 0.29) is 17.7 Å². The number of benzene rings is 1. The minimum Gasteiger partial charge on any atom is -0.495 e. The largest absolute Gasteiger partial charge is 0.495 e. The summed E-state index contributed by atoms with van der Waals surface area (Å²) in [6.07, 6.45) is 0.291. The first kappa shape index (κ1) is 16.2. The number of aryl methyl sites for hydroxylation is 1. The van der Waals surface area contributed by atoms with Crippen molar-refractivity contribution < 1.29 is 14.3 Å². The molecule has 5 nitrogen and oxygen atoms in total. The lowest BCUT2D eigenvalue weighted by Crippen LogP contribution is -2.42. The average molecular weight is 334 g/mol. The molecular weight excluding hydrogens is 312 g/mol. The number of rotatable bonds is 3. The minimum absolute atomic E-state index is 0.00126. The van der Waals surface area contributed by atoms with E-state index in [9.17, 15) is 9.59 Å². The zero-order valence-electron chi connectivity index (χ0n) is 13.6. The normalized spacial score (nSPS) is 21.7. The van der Waals surface area contributed by atoms with Gasteiger partial charge in [-0.25, -0.2) is 0 Å². The molecule has 0 spiro atoms. The lowest BCUT2D eigenvalue weighted by molar-refractivity contribution is -0.135. The molecular formula is C17H22N2O3S. The lowest BCUT2D eigenvalue weighted by atomic mass is 10.1. The number of carbonyl (C=O) groups excluding carboxylic acids is 2. The molecule has 23 heavy (non-hydrogen) atoms. The standard InChI is InChI=1S/C17H22N2O3S/c1-12-3-4-15(22-2)14(9-12)19-11-13(10-16(19)20)17(21)18-5-7-23-8-6-18/h3-4,9,13H,5-8,10-11H2,1-2H3. The second kappa shape index (κ2) is 6.83. The van der Waals surface area contributed by atoms with Crippen molar-refractivity contribution in [2.45, 2.75) is 13.3 Å². The molecule has 2 aliphatic heterocycles. The molecule has 0 aromatic heterocycles. The summed E-state index contributed by atoms with van der Waals surface area (Å²) in [5.74, 6) is 2.53. The number of hydrogen-bond donors (Lipinski definition) is 0. The van der Waals surface area contributed by atoms with E-state index in [1.807, 2.05) is 41.8 Å². The highest BCUT2D eigenvalue weighted by Gasteiger charge is 2.38. The molecule has 2 aliphatic rings. The van der Waals surface area contributed by atoms with Crippen LogP contribution in [-0.4, -0.2) is 55.0 Å². The topological polar surface area (TPSA) is 49.9 Å². The molecule has 6 heteroatoms. The van der Waals surface area contributed by atoms with Gasteiger partial charge in [-0.15, -0.1) is 0 Å². The number of carbonyl (C=O) groups is 2. The van der Waals surface area contributed by atoms with Gasteiger partial charge in [0.2, 0.25) is 11.8 Å². The number of nitrogens with zero attached hydrogens (tertiary/aromatic N) is 2. The summed E-state index contributed by atoms with van der Waals surface area (Å²) in [5, 5.41) is 0. The van der Waals surface area contributed by atoms with Crippen LogP contribution in [0.1, 0.15) is 12.0 Å². The van der Waals surface area contributed by atoms with Crippen molar-refractivity contribution in [1.29, 1.82) is 0 Å². The molecule has 1 unspecified atom stereocenters. The van der Waals surface area contributed by atoms with Crippen molar-refractivity contribution >= 4 is 29.3 Å². The summed E-state index contributed by atoms with van der Waals surface area (Å²) in [6.45, 7) is 4.02. The third kappa shape index (κ3) is 3.32. The summed E-state index contributed by atoms with van der Waals surface area (Å²) in [7, 11) is 1.60. The number of anilines is 1. The first-order valence-corrected chi connectivity index (χ1v) is 9.07. The second-order valence-corrected chi connectivity index (χ2v) is 7.24. The van der Waals surface area contributed by atoms with E-state index in [1.54, 1.807) is 12.0 Å². The van der Waals surface area contributed by atoms with Gasteiger partial charge in [-0.2, -0.15) is 11.8 Å². The van der Waals surface area contributed by atoms with Crippen molar-refractivity contribution in [2.24, 2.45) is 5.92 Å². The fourth-order valence-corrected chi connectivity index (χ4v) is 4.06. The molecule has 2 saturated heterocycles. The number of thioether (sulfide) groups is 1. The third-order valence-corrected chi connectivity index (χ3v) is 5.36. The fraction of sp³-hybridized carbons (Fsp3) is 0.529. The highest BCUT2D eigenvalue weighted by Crippen LogP contribution is 2.34. The van der Waals surface area contributed by atoms with E-state index in [0.29, 0.717) is 18.7 Å². The van der Waals surface area contributed by atoms with Crippen LogP contribution in [0.4, 0.5) is 5.69 Å². The quantitative estimate of drug-likeness (QED) is 0.847. The number of methoxy groups -OCH3 is 1. The Morgan fingerprint density at radius 3 is 2.74 bits per heavy atom. The molecule has 0 bridgehead atoms. The molecule has 2 amide bonds. The lowest BCUT2D eigenvalue weighted by Gasteiger charge is -2.28. The Morgan fingerprint density at radius 2 is 2.04 bits per heavy atom. The Balaban J connectivity index is 1.77. The van der Waals surface area contributed by atoms with E-state index in [1.165, 1.54) is 0 Å². The number of amides is 2. The molecule has 0 saturated carbocycles. The van der Waals surface area contributed by atoms with Crippen LogP contribution in [0.2, 0.25) is 0 Å². The summed E-state index contributed by atoms with van der Waals surface area (Å²) < 4.78 is 5.38. The van der Waals surface area contributed by atoms with E-state index < -0.39 is 0 Å². The molecule has 2 fully saturated rings. The van der Waals surface area contributed by atoms with Crippen molar-refractivity contribution in [2.75, 3.05) is 43.1 Å². The summed E-state index contributed by atoms with van der Waals surface area (Å²) in [4.78, 5) is 28.7. The second-order valence-electron chi connectivity index (χ2n) is 6.02. The zero-order chi connectivity index (χ0) is 16.4. The predicted molar refractivity (Wildman–Crippen MR) is 92.1 cm³/mol. The Labute approximate surface area is 141 Å². The first-order chi connectivity index (χ1) is 11.1. The molecule has 0 N–H and O–H groups in total. The van der Waals surface area contributed by atoms with Crippen molar-refractivity contribution in [3.05, 3.63) is 23.8 Å². The van der Waals surface area contributed by atoms with E-state index in [0.717, 1.165) is 35.8 Å². The maximum absolute atomic E-state index is 12.7. The maximum atomic E-state index is 12.7. The Morgan fingerprint density at radius 1 is 1.30 bits per heavy atom. The SMILES string of the molecule is COc1ccc(C)cc1N1CC(C(=O)N2CCSCC2)CC1=O. The molecule has 1 aromatic rings. The minimum atomic E-state index is -0.240. The van der Waals surface area contributed by atoms with Crippen LogP contribution < -0.4 is 9.64 Å². The highest BCUT2D eigenvalue weighted by atomic mass is 32.2. The summed E-state index contributed by atoms with van der Waals surface area (Å²) in [5.41, 5.74) is 1.83. The van der Waals surface area contributed by atoms with Gasteiger partial charge < -0.3 is 14.5 Å². The highest BCUT2D eigenvalue weighted by molar-refractivity contribution is 7.99. The van der Waals surface area contributed by atoms with Gasteiger partial charge in [0.05, 0.1) is 18.7 Å². The van der Waals surface area contributed by atoms with Crippen LogP contribution in [0.5, 0.6) is 5.75 Å². The van der Waals surface area contributed by atoms with Gasteiger partial charge in [-0.1, -0.05) is 6.07 Å². The van der Waals surface area contributed by atoms with E-state index >= 15 is 0 Å². The van der Waals surface area contributed by atoms with E-state index in [4.69, 9.17) is 4.74 Å². The summed E-state index contributed by atoms with van der Waals surface area (Å²) >= 11 is 1.88. The van der Waals surface area contributed by atoms with Crippen LogP contribution in [0.3, 0.4) is 0 Å².